The Hall–Kier alpha value is -3.99. The van der Waals surface area contributed by atoms with E-state index in [2.05, 4.69) is 29.8 Å². The first-order valence-corrected chi connectivity index (χ1v) is 22.9. The van der Waals surface area contributed by atoms with Crippen LogP contribution in [0.1, 0.15) is 85.3 Å². The Morgan fingerprint density at radius 1 is 0.918 bits per heavy atom. The minimum absolute atomic E-state index is 0.0203. The van der Waals surface area contributed by atoms with Crippen LogP contribution >= 0.6 is 0 Å². The molecule has 0 aliphatic carbocycles. The van der Waals surface area contributed by atoms with E-state index in [9.17, 15) is 32.1 Å². The van der Waals surface area contributed by atoms with Crippen molar-refractivity contribution in [1.29, 1.82) is 0 Å². The largest absolute Gasteiger partial charge is 0.379 e. The number of carbonyl (C=O) groups is 4. The highest BCUT2D eigenvalue weighted by atomic mass is 32.2. The molecule has 0 unspecified atom stereocenters. The average Bonchev–Trinajstić information content (AvgIpc) is 3.69. The molecule has 1 fully saturated rings. The molecule has 9 atom stereocenters. The Bertz CT molecular complexity index is 1860. The number of likely N-dealkylation sites (tertiary alicyclic amines) is 1. The SMILES string of the molecule is CC[C@H](C)[C@@H]([C@@H](CC(=O)N1CCC[C@H]1[C@H](OC)[C@@H](C)C(=O)N[C@H](/C=C/c1ccc(S(=O)(=O)O)cc1)Cc1ccccc1)OC)N(C)[C@H](C(=O)NC(=O)[C@@H](NC)C(C)C)C(C)C. The maximum Gasteiger partial charge on any atom is 0.294 e. The fourth-order valence-electron chi connectivity index (χ4n) is 8.70. The van der Waals surface area contributed by atoms with Gasteiger partial charge in [0, 0.05) is 26.8 Å². The van der Waals surface area contributed by atoms with Gasteiger partial charge < -0.3 is 25.0 Å². The van der Waals surface area contributed by atoms with Gasteiger partial charge in [-0.2, -0.15) is 8.42 Å². The molecular weight excluding hydrogens is 799 g/mol. The first-order valence-electron chi connectivity index (χ1n) is 21.5. The van der Waals surface area contributed by atoms with Gasteiger partial charge in [0.25, 0.3) is 10.1 Å². The minimum atomic E-state index is -4.33. The molecule has 0 saturated carbocycles. The van der Waals surface area contributed by atoms with Gasteiger partial charge in [-0.25, -0.2) is 0 Å². The summed E-state index contributed by atoms with van der Waals surface area (Å²) in [6.07, 6.45) is 5.10. The number of hydrogen-bond donors (Lipinski definition) is 4. The zero-order valence-corrected chi connectivity index (χ0v) is 38.8. The lowest BCUT2D eigenvalue weighted by Crippen LogP contribution is -2.60. The number of nitrogens with one attached hydrogen (secondary N) is 3. The second-order valence-corrected chi connectivity index (χ2v) is 18.5. The van der Waals surface area contributed by atoms with Gasteiger partial charge in [0.15, 0.2) is 0 Å². The van der Waals surface area contributed by atoms with E-state index >= 15 is 0 Å². The standard InChI is InChI=1S/C46H71N5O9S/c1-12-31(6)42(50(9)41(30(4)5)46(55)49-45(54)40(47-8)29(2)3)38(59-10)28-39(52)51-26-16-19-37(51)43(60-11)32(7)44(53)48-35(27-34-17-14-13-15-18-34)23-20-33-21-24-36(25-22-33)61(56,57)58/h13-15,17-18,20-25,29-32,35,37-38,40-43,47H,12,16,19,26-28H2,1-11H3,(H,48,53)(H,49,54,55)(H,56,57,58)/b23-20+/t31-,32+,35+,37-,38+,40-,41-,42-,43+/m0/s1. The lowest BCUT2D eigenvalue weighted by Gasteiger charge is -2.43. The van der Waals surface area contributed by atoms with Gasteiger partial charge in [0.05, 0.1) is 53.6 Å². The molecule has 0 bridgehead atoms. The highest BCUT2D eigenvalue weighted by Crippen LogP contribution is 2.30. The number of imide groups is 1. The maximum atomic E-state index is 14.4. The van der Waals surface area contributed by atoms with Crippen molar-refractivity contribution in [3.8, 4) is 0 Å². The van der Waals surface area contributed by atoms with Crippen molar-refractivity contribution in [3.05, 3.63) is 71.8 Å². The normalized spacial score (nSPS) is 18.7. The van der Waals surface area contributed by atoms with E-state index in [4.69, 9.17) is 9.47 Å². The Kier molecular flexibility index (Phi) is 20.2. The summed E-state index contributed by atoms with van der Waals surface area (Å²) in [6.45, 7) is 14.1. The van der Waals surface area contributed by atoms with Crippen LogP contribution in [0, 0.1) is 23.7 Å². The highest BCUT2D eigenvalue weighted by Gasteiger charge is 2.43. The zero-order valence-electron chi connectivity index (χ0n) is 38.0. The van der Waals surface area contributed by atoms with Gasteiger partial charge >= 0.3 is 0 Å². The lowest BCUT2D eigenvalue weighted by atomic mass is 9.87. The molecule has 2 aromatic rings. The second-order valence-electron chi connectivity index (χ2n) is 17.1. The summed E-state index contributed by atoms with van der Waals surface area (Å²) in [7, 11) is 2.36. The Morgan fingerprint density at radius 2 is 1.56 bits per heavy atom. The number of methoxy groups -OCH3 is 2. The van der Waals surface area contributed by atoms with E-state index in [-0.39, 0.29) is 58.9 Å². The summed E-state index contributed by atoms with van der Waals surface area (Å²) in [5.41, 5.74) is 1.68. The smallest absolute Gasteiger partial charge is 0.294 e. The molecule has 14 nitrogen and oxygen atoms in total. The number of carbonyl (C=O) groups excluding carboxylic acids is 4. The summed E-state index contributed by atoms with van der Waals surface area (Å²) in [5, 5.41) is 8.81. The van der Waals surface area contributed by atoms with Gasteiger partial charge in [-0.05, 0) is 74.4 Å². The molecule has 1 aliphatic heterocycles. The fourth-order valence-corrected chi connectivity index (χ4v) is 9.18. The predicted molar refractivity (Wildman–Crippen MR) is 238 cm³/mol. The zero-order chi connectivity index (χ0) is 45.6. The van der Waals surface area contributed by atoms with Crippen molar-refractivity contribution in [1.82, 2.24) is 25.8 Å². The summed E-state index contributed by atoms with van der Waals surface area (Å²) < 4.78 is 44.6. The van der Waals surface area contributed by atoms with Gasteiger partial charge in [-0.3, -0.25) is 33.9 Å². The molecule has 4 amide bonds. The van der Waals surface area contributed by atoms with Crippen LogP contribution in [0.3, 0.4) is 0 Å². The van der Waals surface area contributed by atoms with Crippen LogP contribution in [-0.2, 0) is 45.2 Å². The first-order chi connectivity index (χ1) is 28.8. The molecular formula is C46H71N5O9S. The first kappa shape index (κ1) is 51.4. The third kappa shape index (κ3) is 14.3. The van der Waals surface area contributed by atoms with Crippen molar-refractivity contribution in [2.75, 3.05) is 34.9 Å². The molecule has 0 aromatic heterocycles. The van der Waals surface area contributed by atoms with Crippen LogP contribution in [0.5, 0.6) is 0 Å². The summed E-state index contributed by atoms with van der Waals surface area (Å²) in [5.74, 6) is -1.98. The molecule has 61 heavy (non-hydrogen) atoms. The van der Waals surface area contributed by atoms with Crippen LogP contribution in [0.2, 0.25) is 0 Å². The predicted octanol–water partition coefficient (Wildman–Crippen LogP) is 4.98. The quantitative estimate of drug-likeness (QED) is 0.111. The minimum Gasteiger partial charge on any atom is -0.379 e. The van der Waals surface area contributed by atoms with Crippen molar-refractivity contribution in [2.24, 2.45) is 23.7 Å². The van der Waals surface area contributed by atoms with Crippen LogP contribution in [-0.4, -0.2) is 124 Å². The third-order valence-electron chi connectivity index (χ3n) is 12.1. The highest BCUT2D eigenvalue weighted by molar-refractivity contribution is 7.85. The van der Waals surface area contributed by atoms with E-state index in [1.807, 2.05) is 81.0 Å². The van der Waals surface area contributed by atoms with E-state index < -0.39 is 52.3 Å². The van der Waals surface area contributed by atoms with Gasteiger partial charge in [-0.15, -0.1) is 0 Å². The van der Waals surface area contributed by atoms with Crippen LogP contribution < -0.4 is 16.0 Å². The maximum absolute atomic E-state index is 14.4. The third-order valence-corrected chi connectivity index (χ3v) is 13.0. The molecule has 340 valence electrons. The average molecular weight is 870 g/mol. The van der Waals surface area contributed by atoms with Crippen LogP contribution in [0.25, 0.3) is 6.08 Å². The van der Waals surface area contributed by atoms with E-state index in [1.165, 1.54) is 12.1 Å². The molecule has 3 rings (SSSR count). The number of nitrogens with zero attached hydrogens (tertiary/aromatic N) is 2. The molecule has 1 heterocycles. The second kappa shape index (κ2) is 24.0. The number of likely N-dealkylation sites (N-methyl/N-ethyl adjacent to an activating group) is 2. The number of amides is 4. The molecule has 15 heteroatoms. The van der Waals surface area contributed by atoms with E-state index in [0.717, 1.165) is 18.4 Å². The van der Waals surface area contributed by atoms with Gasteiger partial charge in [0.1, 0.15) is 0 Å². The summed E-state index contributed by atoms with van der Waals surface area (Å²) in [6, 6.07) is 13.1. The molecule has 0 radical (unpaired) electrons. The molecule has 2 aromatic carbocycles. The van der Waals surface area contributed by atoms with Crippen molar-refractivity contribution in [2.45, 2.75) is 128 Å². The fraction of sp³-hybridized carbons (Fsp3) is 0.609. The number of benzene rings is 2. The van der Waals surface area contributed by atoms with Gasteiger partial charge in [-0.1, -0.05) is 110 Å². The Balaban J connectivity index is 1.82. The van der Waals surface area contributed by atoms with Crippen molar-refractivity contribution < 1.29 is 41.6 Å². The molecule has 1 aliphatic rings. The van der Waals surface area contributed by atoms with Crippen LogP contribution in [0.15, 0.2) is 65.6 Å². The topological polar surface area (TPSA) is 184 Å². The van der Waals surface area contributed by atoms with Crippen LogP contribution in [0.4, 0.5) is 0 Å². The number of rotatable bonds is 23. The molecule has 0 spiro atoms. The molecule has 1 saturated heterocycles. The van der Waals surface area contributed by atoms with E-state index in [0.29, 0.717) is 24.9 Å². The monoisotopic (exact) mass is 869 g/mol. The van der Waals surface area contributed by atoms with Crippen molar-refractivity contribution >= 4 is 39.8 Å². The van der Waals surface area contributed by atoms with E-state index in [1.54, 1.807) is 46.4 Å². The number of ether oxygens (including phenoxy) is 2. The molecule has 4 N–H and O–H groups in total. The Labute approximate surface area is 364 Å². The van der Waals surface area contributed by atoms with Gasteiger partial charge in [0.2, 0.25) is 23.6 Å². The number of hydrogen-bond acceptors (Lipinski definition) is 10. The Morgan fingerprint density at radius 3 is 2.08 bits per heavy atom. The lowest BCUT2D eigenvalue weighted by molar-refractivity contribution is -0.144. The van der Waals surface area contributed by atoms with Crippen molar-refractivity contribution in [3.63, 3.8) is 0 Å². The summed E-state index contributed by atoms with van der Waals surface area (Å²) in [4.78, 5) is 58.9. The summed E-state index contributed by atoms with van der Waals surface area (Å²) >= 11 is 0.